The Morgan fingerprint density at radius 2 is 1.97 bits per heavy atom. The van der Waals surface area contributed by atoms with Crippen molar-refractivity contribution in [3.63, 3.8) is 0 Å². The van der Waals surface area contributed by atoms with Crippen molar-refractivity contribution in [1.82, 2.24) is 24.3 Å². The zero-order valence-electron chi connectivity index (χ0n) is 18.1. The summed E-state index contributed by atoms with van der Waals surface area (Å²) in [6.45, 7) is 4.31. The van der Waals surface area contributed by atoms with Crippen LogP contribution in [-0.2, 0) is 4.74 Å². The summed E-state index contributed by atoms with van der Waals surface area (Å²) in [6, 6.07) is 1.72. The average Bonchev–Trinajstić information content (AvgIpc) is 3.38. The summed E-state index contributed by atoms with van der Waals surface area (Å²) in [6.07, 6.45) is -0.0129. The number of likely N-dealkylation sites (tertiary alicyclic amines) is 2. The van der Waals surface area contributed by atoms with Gasteiger partial charge in [-0.2, -0.15) is 0 Å². The van der Waals surface area contributed by atoms with Crippen LogP contribution < -0.4 is 5.73 Å². The molecule has 4 N–H and O–H groups in total. The minimum Gasteiger partial charge on any atom is -0.387 e. The summed E-state index contributed by atoms with van der Waals surface area (Å²) in [5.41, 5.74) is 5.76. The minimum absolute atomic E-state index is 0.132. The van der Waals surface area contributed by atoms with Gasteiger partial charge in [0.1, 0.15) is 36.1 Å². The number of piperidine rings is 1. The highest BCUT2D eigenvalue weighted by atomic mass is 19.3. The van der Waals surface area contributed by atoms with E-state index in [-0.39, 0.29) is 19.5 Å². The lowest BCUT2D eigenvalue weighted by molar-refractivity contribution is -0.0587. The SMILES string of the molecule is CCN1CCC2(CC1)CC(F)(F)CN2C[C@H]1O[C@@H](n2ccc3c(N)ncnc32)[C@H](O)[C@@H]1O. The molecule has 0 aliphatic carbocycles. The van der Waals surface area contributed by atoms with Crippen LogP contribution in [0.3, 0.4) is 0 Å². The lowest BCUT2D eigenvalue weighted by Gasteiger charge is -2.45. The van der Waals surface area contributed by atoms with Crippen LogP contribution in [0.1, 0.15) is 32.4 Å². The molecule has 11 heteroatoms. The average molecular weight is 453 g/mol. The smallest absolute Gasteiger partial charge is 0.262 e. The molecule has 4 atom stereocenters. The highest BCUT2D eigenvalue weighted by Gasteiger charge is 2.57. The normalized spacial score (nSPS) is 32.9. The largest absolute Gasteiger partial charge is 0.387 e. The lowest BCUT2D eigenvalue weighted by Crippen LogP contribution is -2.54. The Balaban J connectivity index is 1.36. The molecule has 0 aromatic carbocycles. The Morgan fingerprint density at radius 1 is 1.22 bits per heavy atom. The van der Waals surface area contributed by atoms with Gasteiger partial charge in [0.15, 0.2) is 6.23 Å². The Labute approximate surface area is 184 Å². The number of rotatable bonds is 4. The maximum atomic E-state index is 14.5. The van der Waals surface area contributed by atoms with Crippen LogP contribution in [0, 0.1) is 0 Å². The van der Waals surface area contributed by atoms with E-state index >= 15 is 0 Å². The molecule has 3 aliphatic rings. The number of hydrogen-bond donors (Lipinski definition) is 3. The van der Waals surface area contributed by atoms with Gasteiger partial charge in [-0.25, -0.2) is 18.7 Å². The fraction of sp³-hybridized carbons (Fsp3) is 0.714. The van der Waals surface area contributed by atoms with Gasteiger partial charge in [-0.1, -0.05) is 6.92 Å². The second-order valence-corrected chi connectivity index (χ2v) is 9.34. The highest BCUT2D eigenvalue weighted by molar-refractivity contribution is 5.86. The Hall–Kier alpha value is -1.92. The molecule has 2 aromatic rings. The summed E-state index contributed by atoms with van der Waals surface area (Å²) in [5, 5.41) is 22.1. The first-order valence-electron chi connectivity index (χ1n) is 11.2. The van der Waals surface area contributed by atoms with Gasteiger partial charge in [0, 0.05) is 24.7 Å². The highest BCUT2D eigenvalue weighted by Crippen LogP contribution is 2.46. The predicted octanol–water partition coefficient (Wildman–Crippen LogP) is 0.828. The molecule has 3 saturated heterocycles. The Morgan fingerprint density at radius 3 is 2.69 bits per heavy atom. The van der Waals surface area contributed by atoms with Crippen LogP contribution in [0.4, 0.5) is 14.6 Å². The maximum absolute atomic E-state index is 14.5. The number of aromatic nitrogens is 3. The van der Waals surface area contributed by atoms with E-state index in [1.165, 1.54) is 6.33 Å². The van der Waals surface area contributed by atoms with Gasteiger partial charge in [0.25, 0.3) is 5.92 Å². The Bertz CT molecular complexity index is 980. The summed E-state index contributed by atoms with van der Waals surface area (Å²) in [5.74, 6) is -2.47. The number of nitrogens with zero attached hydrogens (tertiary/aromatic N) is 5. The molecule has 5 heterocycles. The number of alkyl halides is 2. The van der Waals surface area contributed by atoms with Gasteiger partial charge < -0.3 is 30.2 Å². The number of fused-ring (bicyclic) bond motifs is 1. The van der Waals surface area contributed by atoms with Crippen LogP contribution in [0.2, 0.25) is 0 Å². The summed E-state index contributed by atoms with van der Waals surface area (Å²) in [4.78, 5) is 12.2. The van der Waals surface area contributed by atoms with Crippen LogP contribution in [0.5, 0.6) is 0 Å². The van der Waals surface area contributed by atoms with Gasteiger partial charge in [-0.05, 0) is 38.5 Å². The van der Waals surface area contributed by atoms with Crippen molar-refractivity contribution in [3.05, 3.63) is 18.6 Å². The van der Waals surface area contributed by atoms with E-state index in [4.69, 9.17) is 10.5 Å². The zero-order chi connectivity index (χ0) is 22.7. The van der Waals surface area contributed by atoms with Crippen LogP contribution in [0.25, 0.3) is 11.0 Å². The summed E-state index contributed by atoms with van der Waals surface area (Å²) < 4.78 is 36.7. The summed E-state index contributed by atoms with van der Waals surface area (Å²) in [7, 11) is 0. The topological polar surface area (TPSA) is 113 Å². The molecule has 9 nitrogen and oxygen atoms in total. The van der Waals surface area contributed by atoms with Crippen LogP contribution in [0.15, 0.2) is 18.6 Å². The second kappa shape index (κ2) is 7.84. The third kappa shape index (κ3) is 3.56. The summed E-state index contributed by atoms with van der Waals surface area (Å²) >= 11 is 0. The molecule has 32 heavy (non-hydrogen) atoms. The van der Waals surface area contributed by atoms with E-state index < -0.39 is 36.0 Å². The van der Waals surface area contributed by atoms with Gasteiger partial charge in [-0.15, -0.1) is 0 Å². The first-order valence-corrected chi connectivity index (χ1v) is 11.2. The van der Waals surface area contributed by atoms with E-state index in [2.05, 4.69) is 21.8 Å². The van der Waals surface area contributed by atoms with E-state index in [1.807, 2.05) is 0 Å². The van der Waals surface area contributed by atoms with Crippen molar-refractivity contribution in [2.45, 2.75) is 62.2 Å². The fourth-order valence-corrected chi connectivity index (χ4v) is 5.66. The van der Waals surface area contributed by atoms with Crippen LogP contribution in [-0.4, -0.2) is 97.0 Å². The van der Waals surface area contributed by atoms with Crippen molar-refractivity contribution >= 4 is 16.9 Å². The third-order valence-electron chi connectivity index (χ3n) is 7.47. The molecule has 2 aromatic heterocycles. The number of halogens is 2. The van der Waals surface area contributed by atoms with Gasteiger partial charge in [0.05, 0.1) is 11.9 Å². The molecule has 0 saturated carbocycles. The number of aliphatic hydroxyl groups excluding tert-OH is 2. The van der Waals surface area contributed by atoms with E-state index in [0.29, 0.717) is 29.7 Å². The molecule has 0 bridgehead atoms. The molecule has 3 aliphatic heterocycles. The van der Waals surface area contributed by atoms with E-state index in [0.717, 1.165) is 19.6 Å². The molecular formula is C21H30F2N6O3. The monoisotopic (exact) mass is 452 g/mol. The molecule has 0 amide bonds. The number of aliphatic hydroxyl groups is 2. The number of nitrogen functional groups attached to an aromatic ring is 1. The molecule has 0 radical (unpaired) electrons. The standard InChI is InChI=1S/C21H30F2N6O3/c1-2-27-7-4-20(5-8-27)10-21(22,23)11-28(20)9-14-15(30)16(31)19(32-14)29-6-3-13-17(24)25-12-26-18(13)29/h3,6,12,14-16,19,30-31H,2,4-5,7-11H2,1H3,(H2,24,25,26)/t14-,15-,16-,19-/m1/s1. The molecule has 3 fully saturated rings. The van der Waals surface area contributed by atoms with Crippen molar-refractivity contribution in [2.24, 2.45) is 0 Å². The lowest BCUT2D eigenvalue weighted by atomic mass is 9.84. The fourth-order valence-electron chi connectivity index (χ4n) is 5.66. The van der Waals surface area contributed by atoms with E-state index in [1.54, 1.807) is 21.7 Å². The second-order valence-electron chi connectivity index (χ2n) is 9.34. The minimum atomic E-state index is -2.78. The third-order valence-corrected chi connectivity index (χ3v) is 7.47. The van der Waals surface area contributed by atoms with E-state index in [9.17, 15) is 19.0 Å². The first-order chi connectivity index (χ1) is 15.2. The Kier molecular flexibility index (Phi) is 5.37. The number of anilines is 1. The van der Waals surface area contributed by atoms with Crippen molar-refractivity contribution < 1.29 is 23.7 Å². The number of ether oxygens (including phenoxy) is 1. The molecule has 1 spiro atoms. The van der Waals surface area contributed by atoms with Gasteiger partial charge in [0.2, 0.25) is 0 Å². The number of nitrogens with two attached hydrogens (primary N) is 1. The zero-order valence-corrected chi connectivity index (χ0v) is 18.1. The van der Waals surface area contributed by atoms with Gasteiger partial charge in [-0.3, -0.25) is 4.90 Å². The first kappa shape index (κ1) is 21.9. The molecule has 5 rings (SSSR count). The molecular weight excluding hydrogens is 422 g/mol. The number of hydrogen-bond acceptors (Lipinski definition) is 8. The van der Waals surface area contributed by atoms with Crippen LogP contribution >= 0.6 is 0 Å². The van der Waals surface area contributed by atoms with Gasteiger partial charge >= 0.3 is 0 Å². The predicted molar refractivity (Wildman–Crippen MR) is 113 cm³/mol. The quantitative estimate of drug-likeness (QED) is 0.625. The van der Waals surface area contributed by atoms with Crippen molar-refractivity contribution in [1.29, 1.82) is 0 Å². The van der Waals surface area contributed by atoms with Crippen molar-refractivity contribution in [2.75, 3.05) is 38.5 Å². The van der Waals surface area contributed by atoms with Crippen molar-refractivity contribution in [3.8, 4) is 0 Å². The molecule has 176 valence electrons. The molecule has 0 unspecified atom stereocenters. The maximum Gasteiger partial charge on any atom is 0.262 e.